The summed E-state index contributed by atoms with van der Waals surface area (Å²) in [6, 6.07) is 12.8. The molecule has 0 bridgehead atoms. The number of carbonyl (C=O) groups is 1. The van der Waals surface area contributed by atoms with E-state index in [-0.39, 0.29) is 18.4 Å². The number of aliphatic hydroxyl groups is 1. The highest BCUT2D eigenvalue weighted by molar-refractivity contribution is 6.07. The van der Waals surface area contributed by atoms with Crippen molar-refractivity contribution in [3.8, 4) is 11.5 Å². The quantitative estimate of drug-likeness (QED) is 0.760. The van der Waals surface area contributed by atoms with Crippen molar-refractivity contribution in [2.24, 2.45) is 5.92 Å². The van der Waals surface area contributed by atoms with Gasteiger partial charge >= 0.3 is 0 Å². The average Bonchev–Trinajstić information content (AvgIpc) is 3.13. The van der Waals surface area contributed by atoms with Crippen LogP contribution in [0.5, 0.6) is 0 Å². The molecular weight excluding hydrogens is 292 g/mol. The predicted octanol–water partition coefficient (Wildman–Crippen LogP) is 2.85. The lowest BCUT2D eigenvalue weighted by Crippen LogP contribution is -2.29. The molecule has 3 aromatic rings. The second-order valence-electron chi connectivity index (χ2n) is 5.55. The molecule has 0 saturated heterocycles. The first-order valence-corrected chi connectivity index (χ1v) is 7.51. The third kappa shape index (κ3) is 3.24. The first-order chi connectivity index (χ1) is 11.2. The van der Waals surface area contributed by atoms with Crippen LogP contribution in [0.2, 0.25) is 0 Å². The Bertz CT molecular complexity index is 812. The van der Waals surface area contributed by atoms with Crippen LogP contribution in [0.25, 0.3) is 22.4 Å². The number of aromatic nitrogens is 1. The number of pyridine rings is 1. The molecule has 1 amide bonds. The van der Waals surface area contributed by atoms with Crippen LogP contribution in [-0.4, -0.2) is 29.1 Å². The average molecular weight is 310 g/mol. The third-order valence-corrected chi connectivity index (χ3v) is 3.66. The number of nitrogens with zero attached hydrogens (tertiary/aromatic N) is 1. The number of rotatable bonds is 5. The lowest BCUT2D eigenvalue weighted by Gasteiger charge is -2.12. The molecule has 1 unspecified atom stereocenters. The number of para-hydroxylation sites is 1. The zero-order chi connectivity index (χ0) is 16.2. The minimum absolute atomic E-state index is 0.0107. The molecular formula is C18H18N2O3. The summed E-state index contributed by atoms with van der Waals surface area (Å²) in [5, 5.41) is 12.7. The maximum absolute atomic E-state index is 12.5. The van der Waals surface area contributed by atoms with Crippen molar-refractivity contribution in [3.63, 3.8) is 0 Å². The van der Waals surface area contributed by atoms with Gasteiger partial charge in [-0.1, -0.05) is 25.1 Å². The molecule has 2 aromatic heterocycles. The molecule has 23 heavy (non-hydrogen) atoms. The van der Waals surface area contributed by atoms with Crippen molar-refractivity contribution in [2.45, 2.75) is 6.92 Å². The number of hydrogen-bond acceptors (Lipinski definition) is 4. The van der Waals surface area contributed by atoms with Gasteiger partial charge in [0, 0.05) is 18.5 Å². The van der Waals surface area contributed by atoms with E-state index >= 15 is 0 Å². The van der Waals surface area contributed by atoms with E-state index in [2.05, 4.69) is 10.3 Å². The molecule has 0 aliphatic heterocycles. The molecule has 118 valence electrons. The van der Waals surface area contributed by atoms with Crippen LogP contribution in [0.4, 0.5) is 0 Å². The van der Waals surface area contributed by atoms with Gasteiger partial charge in [-0.3, -0.25) is 4.79 Å². The summed E-state index contributed by atoms with van der Waals surface area (Å²) in [7, 11) is 0. The maximum atomic E-state index is 12.5. The second-order valence-corrected chi connectivity index (χ2v) is 5.55. The van der Waals surface area contributed by atoms with Crippen molar-refractivity contribution in [1.82, 2.24) is 10.3 Å². The van der Waals surface area contributed by atoms with Crippen LogP contribution in [0, 0.1) is 5.92 Å². The molecule has 2 N–H and O–H groups in total. The maximum Gasteiger partial charge on any atom is 0.252 e. The third-order valence-electron chi connectivity index (χ3n) is 3.66. The van der Waals surface area contributed by atoms with E-state index < -0.39 is 0 Å². The summed E-state index contributed by atoms with van der Waals surface area (Å²) in [5.41, 5.74) is 1.91. The molecule has 1 atom stereocenters. The number of aliphatic hydroxyl groups excluding tert-OH is 1. The van der Waals surface area contributed by atoms with Gasteiger partial charge in [-0.15, -0.1) is 0 Å². The van der Waals surface area contributed by atoms with E-state index in [0.717, 1.165) is 10.9 Å². The monoisotopic (exact) mass is 310 g/mol. The lowest BCUT2D eigenvalue weighted by atomic mass is 10.1. The fourth-order valence-electron chi connectivity index (χ4n) is 2.34. The van der Waals surface area contributed by atoms with Gasteiger partial charge in [0.2, 0.25) is 0 Å². The van der Waals surface area contributed by atoms with E-state index in [4.69, 9.17) is 9.52 Å². The smallest absolute Gasteiger partial charge is 0.252 e. The Balaban J connectivity index is 2.02. The van der Waals surface area contributed by atoms with Crippen LogP contribution < -0.4 is 5.32 Å². The van der Waals surface area contributed by atoms with Crippen molar-refractivity contribution < 1.29 is 14.3 Å². The zero-order valence-electron chi connectivity index (χ0n) is 12.8. The van der Waals surface area contributed by atoms with E-state index in [1.165, 1.54) is 0 Å². The number of amides is 1. The largest absolute Gasteiger partial charge is 0.463 e. The summed E-state index contributed by atoms with van der Waals surface area (Å²) < 4.78 is 5.39. The zero-order valence-corrected chi connectivity index (χ0v) is 12.8. The molecule has 5 nitrogen and oxygen atoms in total. The highest BCUT2D eigenvalue weighted by Crippen LogP contribution is 2.25. The van der Waals surface area contributed by atoms with Crippen molar-refractivity contribution in [2.75, 3.05) is 13.2 Å². The molecule has 2 heterocycles. The highest BCUT2D eigenvalue weighted by atomic mass is 16.3. The van der Waals surface area contributed by atoms with Crippen molar-refractivity contribution in [1.29, 1.82) is 0 Å². The number of fused-ring (bicyclic) bond motifs is 1. The predicted molar refractivity (Wildman–Crippen MR) is 88.0 cm³/mol. The Morgan fingerprint density at radius 3 is 2.87 bits per heavy atom. The van der Waals surface area contributed by atoms with Crippen LogP contribution in [0.3, 0.4) is 0 Å². The van der Waals surface area contributed by atoms with Gasteiger partial charge < -0.3 is 14.8 Å². The first-order valence-electron chi connectivity index (χ1n) is 7.51. The fraction of sp³-hybridized carbons (Fsp3) is 0.222. The van der Waals surface area contributed by atoms with Gasteiger partial charge in [0.05, 0.1) is 17.3 Å². The van der Waals surface area contributed by atoms with E-state index in [1.807, 2.05) is 37.3 Å². The topological polar surface area (TPSA) is 75.4 Å². The van der Waals surface area contributed by atoms with Gasteiger partial charge in [0.15, 0.2) is 5.76 Å². The Hall–Kier alpha value is -2.66. The number of benzene rings is 1. The molecule has 5 heteroatoms. The van der Waals surface area contributed by atoms with Gasteiger partial charge in [0.25, 0.3) is 5.91 Å². The number of carbonyl (C=O) groups excluding carboxylic acids is 1. The van der Waals surface area contributed by atoms with Gasteiger partial charge in [-0.25, -0.2) is 4.98 Å². The summed E-state index contributed by atoms with van der Waals surface area (Å²) in [5.74, 6) is 0.446. The van der Waals surface area contributed by atoms with E-state index in [9.17, 15) is 4.79 Å². The molecule has 0 radical (unpaired) electrons. The Morgan fingerprint density at radius 1 is 1.30 bits per heavy atom. The second kappa shape index (κ2) is 6.62. The first kappa shape index (κ1) is 15.2. The van der Waals surface area contributed by atoms with Crippen LogP contribution in [0.15, 0.2) is 53.1 Å². The number of nitrogens with one attached hydrogen (secondary N) is 1. The van der Waals surface area contributed by atoms with Crippen LogP contribution >= 0.6 is 0 Å². The minimum Gasteiger partial charge on any atom is -0.463 e. The van der Waals surface area contributed by atoms with Crippen LogP contribution in [-0.2, 0) is 0 Å². The van der Waals surface area contributed by atoms with E-state index in [0.29, 0.717) is 23.6 Å². The van der Waals surface area contributed by atoms with Crippen molar-refractivity contribution in [3.05, 3.63) is 54.3 Å². The van der Waals surface area contributed by atoms with Gasteiger partial charge in [0.1, 0.15) is 5.69 Å². The molecule has 3 rings (SSSR count). The number of furan rings is 1. The molecule has 0 fully saturated rings. The molecule has 0 aliphatic rings. The Labute approximate surface area is 134 Å². The van der Waals surface area contributed by atoms with E-state index in [1.54, 1.807) is 18.4 Å². The summed E-state index contributed by atoms with van der Waals surface area (Å²) in [6.07, 6.45) is 1.58. The Kier molecular flexibility index (Phi) is 4.39. The molecule has 0 spiro atoms. The summed E-state index contributed by atoms with van der Waals surface area (Å²) >= 11 is 0. The van der Waals surface area contributed by atoms with Crippen molar-refractivity contribution >= 4 is 16.8 Å². The lowest BCUT2D eigenvalue weighted by molar-refractivity contribution is 0.0944. The Morgan fingerprint density at radius 2 is 2.13 bits per heavy atom. The minimum atomic E-state index is -0.184. The molecule has 0 aliphatic carbocycles. The molecule has 0 saturated carbocycles. The summed E-state index contributed by atoms with van der Waals surface area (Å²) in [4.78, 5) is 17.1. The molecule has 1 aromatic carbocycles. The van der Waals surface area contributed by atoms with Crippen LogP contribution in [0.1, 0.15) is 17.3 Å². The number of hydrogen-bond donors (Lipinski definition) is 2. The highest BCUT2D eigenvalue weighted by Gasteiger charge is 2.15. The standard InChI is InChI=1S/C18H18N2O3/c1-12(11-21)10-19-18(22)14-9-16(17-7-4-8-23-17)20-15-6-3-2-5-13(14)15/h2-9,12,21H,10-11H2,1H3,(H,19,22). The van der Waals surface area contributed by atoms with Gasteiger partial charge in [-0.05, 0) is 30.2 Å². The van der Waals surface area contributed by atoms with Gasteiger partial charge in [-0.2, -0.15) is 0 Å². The fourth-order valence-corrected chi connectivity index (χ4v) is 2.34. The normalized spacial score (nSPS) is 12.3. The SMILES string of the molecule is CC(CO)CNC(=O)c1cc(-c2ccco2)nc2ccccc12. The summed E-state index contributed by atoms with van der Waals surface area (Å²) in [6.45, 7) is 2.33.